The van der Waals surface area contributed by atoms with E-state index in [1.807, 2.05) is 0 Å². The highest BCUT2D eigenvalue weighted by molar-refractivity contribution is 5.74. The van der Waals surface area contributed by atoms with Gasteiger partial charge in [-0.1, -0.05) is 6.08 Å². The van der Waals surface area contributed by atoms with Crippen molar-refractivity contribution in [2.24, 2.45) is 0 Å². The summed E-state index contributed by atoms with van der Waals surface area (Å²) in [4.78, 5) is 15.1. The van der Waals surface area contributed by atoms with Crippen molar-refractivity contribution in [3.8, 4) is 0 Å². The molecule has 0 radical (unpaired) electrons. The van der Waals surface area contributed by atoms with E-state index < -0.39 is 0 Å². The maximum Gasteiger partial charge on any atom is 0.320 e. The summed E-state index contributed by atoms with van der Waals surface area (Å²) in [6.07, 6.45) is 1.72. The van der Waals surface area contributed by atoms with Crippen molar-refractivity contribution in [1.82, 2.24) is 9.80 Å². The van der Waals surface area contributed by atoms with Gasteiger partial charge in [0.1, 0.15) is 0 Å². The standard InChI is InChI=1S/C9H16N2O2/c1-3-4-10(2)9(12)11-5-7-13-8-6-11/h3H,1,4-8H2,2H3. The number of carbonyl (C=O) groups excluding carboxylic acids is 1. The summed E-state index contributed by atoms with van der Waals surface area (Å²) in [6.45, 7) is 6.87. The number of likely N-dealkylation sites (N-methyl/N-ethyl adjacent to an activating group) is 1. The molecule has 1 saturated heterocycles. The zero-order chi connectivity index (χ0) is 9.68. The Morgan fingerprint density at radius 2 is 2.23 bits per heavy atom. The first-order valence-electron chi connectivity index (χ1n) is 4.44. The van der Waals surface area contributed by atoms with E-state index in [0.29, 0.717) is 32.8 Å². The van der Waals surface area contributed by atoms with Gasteiger partial charge in [-0.2, -0.15) is 0 Å². The van der Waals surface area contributed by atoms with Crippen molar-refractivity contribution < 1.29 is 9.53 Å². The third kappa shape index (κ3) is 2.73. The van der Waals surface area contributed by atoms with Crippen molar-refractivity contribution in [3.05, 3.63) is 12.7 Å². The fourth-order valence-corrected chi connectivity index (χ4v) is 1.27. The Labute approximate surface area is 78.8 Å². The molecule has 0 bridgehead atoms. The lowest BCUT2D eigenvalue weighted by Crippen LogP contribution is -2.46. The quantitative estimate of drug-likeness (QED) is 0.587. The molecule has 1 aliphatic heterocycles. The highest BCUT2D eigenvalue weighted by Crippen LogP contribution is 2.01. The van der Waals surface area contributed by atoms with Gasteiger partial charge >= 0.3 is 6.03 Å². The second-order valence-electron chi connectivity index (χ2n) is 3.05. The molecule has 1 fully saturated rings. The molecule has 0 unspecified atom stereocenters. The molecule has 2 amide bonds. The molecule has 1 aliphatic rings. The van der Waals surface area contributed by atoms with Crippen LogP contribution in [0.15, 0.2) is 12.7 Å². The van der Waals surface area contributed by atoms with Gasteiger partial charge in [-0.15, -0.1) is 6.58 Å². The molecule has 4 nitrogen and oxygen atoms in total. The first kappa shape index (κ1) is 10.1. The molecular weight excluding hydrogens is 168 g/mol. The number of hydrogen-bond donors (Lipinski definition) is 0. The predicted octanol–water partition coefficient (Wildman–Crippen LogP) is 0.556. The zero-order valence-corrected chi connectivity index (χ0v) is 8.03. The molecule has 0 aromatic heterocycles. The van der Waals surface area contributed by atoms with E-state index in [1.54, 1.807) is 22.9 Å². The first-order chi connectivity index (χ1) is 6.25. The Morgan fingerprint density at radius 1 is 1.62 bits per heavy atom. The van der Waals surface area contributed by atoms with Crippen LogP contribution in [-0.4, -0.2) is 55.7 Å². The molecule has 0 N–H and O–H groups in total. The summed E-state index contributed by atoms with van der Waals surface area (Å²) >= 11 is 0. The second-order valence-corrected chi connectivity index (χ2v) is 3.05. The summed E-state index contributed by atoms with van der Waals surface area (Å²) in [5, 5.41) is 0. The van der Waals surface area contributed by atoms with Crippen LogP contribution in [0.1, 0.15) is 0 Å². The minimum atomic E-state index is 0.0585. The van der Waals surface area contributed by atoms with E-state index in [0.717, 1.165) is 0 Å². The lowest BCUT2D eigenvalue weighted by atomic mass is 10.4. The van der Waals surface area contributed by atoms with Crippen LogP contribution in [0.5, 0.6) is 0 Å². The fraction of sp³-hybridized carbons (Fsp3) is 0.667. The molecule has 0 atom stereocenters. The monoisotopic (exact) mass is 184 g/mol. The fourth-order valence-electron chi connectivity index (χ4n) is 1.27. The summed E-state index contributed by atoms with van der Waals surface area (Å²) in [5.74, 6) is 0. The number of hydrogen-bond acceptors (Lipinski definition) is 2. The number of carbonyl (C=O) groups is 1. The Bertz CT molecular complexity index is 188. The van der Waals surface area contributed by atoms with Crippen molar-refractivity contribution in [2.45, 2.75) is 0 Å². The van der Waals surface area contributed by atoms with Gasteiger partial charge < -0.3 is 14.5 Å². The minimum absolute atomic E-state index is 0.0585. The lowest BCUT2D eigenvalue weighted by Gasteiger charge is -2.30. The van der Waals surface area contributed by atoms with Gasteiger partial charge in [0.05, 0.1) is 13.2 Å². The van der Waals surface area contributed by atoms with Crippen molar-refractivity contribution in [1.29, 1.82) is 0 Å². The molecule has 0 saturated carbocycles. The Balaban J connectivity index is 2.40. The second kappa shape index (κ2) is 4.87. The smallest absolute Gasteiger partial charge is 0.320 e. The zero-order valence-electron chi connectivity index (χ0n) is 8.03. The number of urea groups is 1. The third-order valence-electron chi connectivity index (χ3n) is 2.01. The Morgan fingerprint density at radius 3 is 2.77 bits per heavy atom. The maximum atomic E-state index is 11.6. The van der Waals surface area contributed by atoms with Gasteiger partial charge in [-0.3, -0.25) is 0 Å². The number of rotatable bonds is 2. The Kier molecular flexibility index (Phi) is 3.76. The van der Waals surface area contributed by atoms with E-state index in [4.69, 9.17) is 4.74 Å². The predicted molar refractivity (Wildman–Crippen MR) is 50.6 cm³/mol. The van der Waals surface area contributed by atoms with E-state index in [1.165, 1.54) is 0 Å². The van der Waals surface area contributed by atoms with Crippen molar-refractivity contribution >= 4 is 6.03 Å². The molecule has 4 heteroatoms. The van der Waals surface area contributed by atoms with E-state index in [-0.39, 0.29) is 6.03 Å². The SMILES string of the molecule is C=CCN(C)C(=O)N1CCOCC1. The highest BCUT2D eigenvalue weighted by Gasteiger charge is 2.18. The van der Waals surface area contributed by atoms with Crippen molar-refractivity contribution in [2.75, 3.05) is 39.9 Å². The highest BCUT2D eigenvalue weighted by atomic mass is 16.5. The van der Waals surface area contributed by atoms with Gasteiger partial charge in [0, 0.05) is 26.7 Å². The van der Waals surface area contributed by atoms with Crippen molar-refractivity contribution in [3.63, 3.8) is 0 Å². The summed E-state index contributed by atoms with van der Waals surface area (Å²) in [5.41, 5.74) is 0. The molecule has 74 valence electrons. The molecule has 13 heavy (non-hydrogen) atoms. The summed E-state index contributed by atoms with van der Waals surface area (Å²) < 4.78 is 5.16. The van der Waals surface area contributed by atoms with Crippen LogP contribution < -0.4 is 0 Å². The average Bonchev–Trinajstić information content (AvgIpc) is 2.18. The lowest BCUT2D eigenvalue weighted by molar-refractivity contribution is 0.0461. The van der Waals surface area contributed by atoms with Crippen LogP contribution in [-0.2, 0) is 4.74 Å². The molecule has 0 aromatic rings. The number of amides is 2. The van der Waals surface area contributed by atoms with Crippen LogP contribution >= 0.6 is 0 Å². The molecule has 0 aromatic carbocycles. The van der Waals surface area contributed by atoms with Crippen LogP contribution in [0.25, 0.3) is 0 Å². The van der Waals surface area contributed by atoms with E-state index >= 15 is 0 Å². The maximum absolute atomic E-state index is 11.6. The van der Waals surface area contributed by atoms with Gasteiger partial charge in [0.25, 0.3) is 0 Å². The van der Waals surface area contributed by atoms with Gasteiger partial charge in [-0.25, -0.2) is 4.79 Å². The van der Waals surface area contributed by atoms with E-state index in [2.05, 4.69) is 6.58 Å². The molecule has 1 heterocycles. The van der Waals surface area contributed by atoms with Gasteiger partial charge in [0.2, 0.25) is 0 Å². The number of ether oxygens (including phenoxy) is 1. The minimum Gasteiger partial charge on any atom is -0.378 e. The topological polar surface area (TPSA) is 32.8 Å². The largest absolute Gasteiger partial charge is 0.378 e. The normalized spacial score (nSPS) is 16.8. The van der Waals surface area contributed by atoms with Crippen LogP contribution in [0.2, 0.25) is 0 Å². The van der Waals surface area contributed by atoms with Crippen LogP contribution in [0, 0.1) is 0 Å². The first-order valence-corrected chi connectivity index (χ1v) is 4.44. The molecule has 0 aliphatic carbocycles. The third-order valence-corrected chi connectivity index (χ3v) is 2.01. The summed E-state index contributed by atoms with van der Waals surface area (Å²) in [6, 6.07) is 0.0585. The van der Waals surface area contributed by atoms with Gasteiger partial charge in [-0.05, 0) is 0 Å². The van der Waals surface area contributed by atoms with E-state index in [9.17, 15) is 4.79 Å². The van der Waals surface area contributed by atoms with Gasteiger partial charge in [0.15, 0.2) is 0 Å². The number of nitrogens with zero attached hydrogens (tertiary/aromatic N) is 2. The Hall–Kier alpha value is -1.03. The van der Waals surface area contributed by atoms with Crippen LogP contribution in [0.4, 0.5) is 4.79 Å². The van der Waals surface area contributed by atoms with Crippen LogP contribution in [0.3, 0.4) is 0 Å². The average molecular weight is 184 g/mol. The number of morpholine rings is 1. The summed E-state index contributed by atoms with van der Waals surface area (Å²) in [7, 11) is 1.78. The molecule has 0 spiro atoms. The molecule has 1 rings (SSSR count). The molecular formula is C9H16N2O2.